The van der Waals surface area contributed by atoms with Crippen molar-refractivity contribution in [2.45, 2.75) is 38.1 Å². The second-order valence-corrected chi connectivity index (χ2v) is 8.45. The number of alkyl halides is 3. The number of amides is 1. The molecule has 192 valence electrons. The van der Waals surface area contributed by atoms with Gasteiger partial charge in [0.05, 0.1) is 25.0 Å². The van der Waals surface area contributed by atoms with E-state index in [2.05, 4.69) is 4.98 Å². The highest BCUT2D eigenvalue weighted by molar-refractivity contribution is 5.77. The Morgan fingerprint density at radius 3 is 2.39 bits per heavy atom. The van der Waals surface area contributed by atoms with Crippen LogP contribution in [0, 0.1) is 17.5 Å². The fourth-order valence-electron chi connectivity index (χ4n) is 4.21. The average molecular weight is 512 g/mol. The number of aromatic nitrogens is 2. The van der Waals surface area contributed by atoms with Gasteiger partial charge in [-0.3, -0.25) is 4.79 Å². The molecule has 3 aromatic rings. The third-order valence-electron chi connectivity index (χ3n) is 5.98. The first kappa shape index (κ1) is 25.5. The molecule has 0 spiro atoms. The van der Waals surface area contributed by atoms with Gasteiger partial charge >= 0.3 is 6.18 Å². The second kappa shape index (κ2) is 9.84. The molecule has 1 aliphatic heterocycles. The van der Waals surface area contributed by atoms with Gasteiger partial charge in [0, 0.05) is 37.2 Å². The molecule has 2 heterocycles. The van der Waals surface area contributed by atoms with Crippen molar-refractivity contribution in [3.05, 3.63) is 70.9 Å². The number of rotatable bonds is 6. The van der Waals surface area contributed by atoms with Crippen LogP contribution in [0.4, 0.5) is 26.3 Å². The van der Waals surface area contributed by atoms with Crippen molar-refractivity contribution >= 4 is 5.91 Å². The molecule has 0 unspecified atom stereocenters. The molecular weight excluding hydrogens is 490 g/mol. The summed E-state index contributed by atoms with van der Waals surface area (Å²) >= 11 is 0. The number of imidazole rings is 1. The van der Waals surface area contributed by atoms with Gasteiger partial charge in [-0.15, -0.1) is 0 Å². The van der Waals surface area contributed by atoms with E-state index in [-0.39, 0.29) is 49.4 Å². The van der Waals surface area contributed by atoms with Gasteiger partial charge in [-0.05, 0) is 42.3 Å². The van der Waals surface area contributed by atoms with Crippen LogP contribution in [0.25, 0.3) is 11.3 Å². The molecule has 2 N–H and O–H groups in total. The summed E-state index contributed by atoms with van der Waals surface area (Å²) in [6.07, 6.45) is -5.19. The minimum atomic E-state index is -4.69. The number of nitrogens with zero attached hydrogens (tertiary/aromatic N) is 3. The number of hydrogen-bond acceptors (Lipinski definition) is 4. The van der Waals surface area contributed by atoms with Crippen LogP contribution in [0.2, 0.25) is 0 Å². The maximum Gasteiger partial charge on any atom is 0.449 e. The summed E-state index contributed by atoms with van der Waals surface area (Å²) in [5.74, 6) is -4.56. The molecule has 4 rings (SSSR count). The lowest BCUT2D eigenvalue weighted by molar-refractivity contribution is -0.148. The number of carbonyl (C=O) groups excluding carboxylic acids is 1. The largest absolute Gasteiger partial charge is 0.497 e. The van der Waals surface area contributed by atoms with E-state index in [0.717, 1.165) is 4.57 Å². The lowest BCUT2D eigenvalue weighted by Crippen LogP contribution is -2.42. The zero-order valence-corrected chi connectivity index (χ0v) is 19.1. The molecule has 2 aromatic carbocycles. The Labute approximate surface area is 202 Å². The highest BCUT2D eigenvalue weighted by Crippen LogP contribution is 2.36. The summed E-state index contributed by atoms with van der Waals surface area (Å²) < 4.78 is 87.7. The van der Waals surface area contributed by atoms with Crippen LogP contribution in [0.15, 0.2) is 36.4 Å². The number of ether oxygens (including phenoxy) is 1. The molecule has 36 heavy (non-hydrogen) atoms. The lowest BCUT2D eigenvalue weighted by atomic mass is 10.0. The van der Waals surface area contributed by atoms with Gasteiger partial charge in [0.25, 0.3) is 0 Å². The first-order chi connectivity index (χ1) is 17.0. The number of methoxy groups -OCH3 is 1. The number of benzene rings is 2. The van der Waals surface area contributed by atoms with Crippen LogP contribution in [-0.2, 0) is 30.5 Å². The van der Waals surface area contributed by atoms with Gasteiger partial charge in [0.1, 0.15) is 11.6 Å². The summed E-state index contributed by atoms with van der Waals surface area (Å²) in [5, 5.41) is 0. The number of hydrogen-bond donors (Lipinski definition) is 1. The highest BCUT2D eigenvalue weighted by Gasteiger charge is 2.40. The Morgan fingerprint density at radius 1 is 1.08 bits per heavy atom. The van der Waals surface area contributed by atoms with E-state index in [1.165, 1.54) is 12.0 Å². The standard InChI is InChI=1S/C24H22F6N4O2/c1-36-16-4-2-13(3-5-16)22-20-12-33(6-7-34(20)23(32-22)24(28,29)30)21(35)10-15(31)8-14-9-18(26)19(27)11-17(14)25/h2-5,9,11,15H,6-8,10,12,31H2,1H3/t15-/m1/s1. The molecule has 0 radical (unpaired) electrons. The van der Waals surface area contributed by atoms with Gasteiger partial charge in [-0.1, -0.05) is 0 Å². The molecule has 6 nitrogen and oxygen atoms in total. The van der Waals surface area contributed by atoms with Gasteiger partial charge in [-0.2, -0.15) is 13.2 Å². The van der Waals surface area contributed by atoms with E-state index in [4.69, 9.17) is 10.5 Å². The molecule has 0 saturated carbocycles. The SMILES string of the molecule is COc1ccc(-c2nc(C(F)(F)F)n3c2CN(C(=O)C[C@H](N)Cc2cc(F)c(F)cc2F)CC3)cc1. The normalized spacial score (nSPS) is 14.5. The van der Waals surface area contributed by atoms with Crippen molar-refractivity contribution < 1.29 is 35.9 Å². The molecule has 0 fully saturated rings. The zero-order valence-electron chi connectivity index (χ0n) is 19.1. The lowest BCUT2D eigenvalue weighted by Gasteiger charge is -2.30. The summed E-state index contributed by atoms with van der Waals surface area (Å²) in [6.45, 7) is -0.290. The maximum absolute atomic E-state index is 13.9. The maximum atomic E-state index is 13.9. The second-order valence-electron chi connectivity index (χ2n) is 8.45. The molecule has 0 bridgehead atoms. The topological polar surface area (TPSA) is 73.4 Å². The van der Waals surface area contributed by atoms with Crippen LogP contribution in [0.1, 0.15) is 23.5 Å². The third kappa shape index (κ3) is 5.18. The van der Waals surface area contributed by atoms with E-state index >= 15 is 0 Å². The summed E-state index contributed by atoms with van der Waals surface area (Å²) in [7, 11) is 1.46. The van der Waals surface area contributed by atoms with Crippen LogP contribution >= 0.6 is 0 Å². The molecule has 1 aromatic heterocycles. The van der Waals surface area contributed by atoms with E-state index < -0.39 is 41.4 Å². The molecular formula is C24H22F6N4O2. The predicted molar refractivity (Wildman–Crippen MR) is 117 cm³/mol. The van der Waals surface area contributed by atoms with Crippen LogP contribution in [0.5, 0.6) is 5.75 Å². The van der Waals surface area contributed by atoms with Crippen molar-refractivity contribution in [2.75, 3.05) is 13.7 Å². The third-order valence-corrected chi connectivity index (χ3v) is 5.98. The Bertz CT molecular complexity index is 1270. The average Bonchev–Trinajstić information content (AvgIpc) is 3.22. The number of halogens is 6. The summed E-state index contributed by atoms with van der Waals surface area (Å²) in [4.78, 5) is 18.1. The number of fused-ring (bicyclic) bond motifs is 1. The first-order valence-electron chi connectivity index (χ1n) is 11.0. The monoisotopic (exact) mass is 512 g/mol. The van der Waals surface area contributed by atoms with Crippen molar-refractivity contribution in [1.82, 2.24) is 14.5 Å². The molecule has 1 aliphatic rings. The molecule has 1 atom stereocenters. The minimum Gasteiger partial charge on any atom is -0.497 e. The van der Waals surface area contributed by atoms with Gasteiger partial charge in [0.15, 0.2) is 11.6 Å². The minimum absolute atomic E-state index is 0.0143. The number of carbonyl (C=O) groups is 1. The van der Waals surface area contributed by atoms with E-state index in [1.807, 2.05) is 0 Å². The molecule has 1 amide bonds. The Kier molecular flexibility index (Phi) is 6.98. The van der Waals surface area contributed by atoms with Crippen molar-refractivity contribution in [3.8, 4) is 17.0 Å². The summed E-state index contributed by atoms with van der Waals surface area (Å²) in [5.41, 5.74) is 6.52. The van der Waals surface area contributed by atoms with Crippen molar-refractivity contribution in [1.29, 1.82) is 0 Å². The van der Waals surface area contributed by atoms with Gasteiger partial charge in [-0.25, -0.2) is 18.2 Å². The van der Waals surface area contributed by atoms with Crippen LogP contribution in [-0.4, -0.2) is 40.1 Å². The molecule has 0 aliphatic carbocycles. The Hall–Kier alpha value is -3.54. The van der Waals surface area contributed by atoms with Crippen LogP contribution < -0.4 is 10.5 Å². The fraction of sp³-hybridized carbons (Fsp3) is 0.333. The van der Waals surface area contributed by atoms with Crippen molar-refractivity contribution in [3.63, 3.8) is 0 Å². The van der Waals surface area contributed by atoms with E-state index in [0.29, 0.717) is 23.4 Å². The summed E-state index contributed by atoms with van der Waals surface area (Å²) in [6, 6.07) is 6.52. The van der Waals surface area contributed by atoms with Gasteiger partial charge < -0.3 is 19.9 Å². The number of nitrogens with two attached hydrogens (primary N) is 1. The first-order valence-corrected chi connectivity index (χ1v) is 11.0. The van der Waals surface area contributed by atoms with Crippen molar-refractivity contribution in [2.24, 2.45) is 5.73 Å². The quantitative estimate of drug-likeness (QED) is 0.395. The van der Waals surface area contributed by atoms with Crippen LogP contribution in [0.3, 0.4) is 0 Å². The highest BCUT2D eigenvalue weighted by atomic mass is 19.4. The fourth-order valence-corrected chi connectivity index (χ4v) is 4.21. The molecule has 12 heteroatoms. The zero-order chi connectivity index (χ0) is 26.2. The Balaban J connectivity index is 1.54. The Morgan fingerprint density at radius 2 is 1.75 bits per heavy atom. The van der Waals surface area contributed by atoms with E-state index in [9.17, 15) is 31.1 Å². The molecule has 0 saturated heterocycles. The van der Waals surface area contributed by atoms with Gasteiger partial charge in [0.2, 0.25) is 11.7 Å². The predicted octanol–water partition coefficient (Wildman–Crippen LogP) is 4.30. The van der Waals surface area contributed by atoms with E-state index in [1.54, 1.807) is 24.3 Å². The smallest absolute Gasteiger partial charge is 0.449 e.